The predicted molar refractivity (Wildman–Crippen MR) is 84.3 cm³/mol. The Morgan fingerprint density at radius 1 is 1.38 bits per heavy atom. The van der Waals surface area contributed by atoms with E-state index >= 15 is 0 Å². The summed E-state index contributed by atoms with van der Waals surface area (Å²) in [5, 5.41) is 9.37. The highest BCUT2D eigenvalue weighted by Gasteiger charge is 2.44. The maximum absolute atomic E-state index is 12.9. The van der Waals surface area contributed by atoms with Crippen molar-refractivity contribution in [3.05, 3.63) is 0 Å². The Morgan fingerprint density at radius 2 is 2.05 bits per heavy atom. The van der Waals surface area contributed by atoms with Crippen molar-refractivity contribution in [1.82, 2.24) is 9.80 Å². The number of nitrogens with zero attached hydrogens (tertiary/aromatic N) is 2. The van der Waals surface area contributed by atoms with Gasteiger partial charge in [-0.25, -0.2) is 9.59 Å². The Kier molecular flexibility index (Phi) is 5.41. The number of carbonyl (C=O) groups excluding carboxylic acids is 1. The summed E-state index contributed by atoms with van der Waals surface area (Å²) in [5.41, 5.74) is 0. The standard InChI is InChI=1S/C15H26N2O3S/c1-4-16(8-11-6-5-7-11)15(20)17-12(14(18)19)9-21-13(17)10(2)3/h10-13H,4-9H2,1-3H3,(H,18,19). The third-order valence-corrected chi connectivity index (χ3v) is 6.09. The zero-order valence-corrected chi connectivity index (χ0v) is 13.9. The Balaban J connectivity index is 2.12. The van der Waals surface area contributed by atoms with Crippen molar-refractivity contribution in [1.29, 1.82) is 0 Å². The number of carboxylic acids is 1. The highest BCUT2D eigenvalue weighted by molar-refractivity contribution is 8.00. The lowest BCUT2D eigenvalue weighted by Gasteiger charge is -2.37. The van der Waals surface area contributed by atoms with E-state index in [1.807, 2.05) is 25.7 Å². The first-order chi connectivity index (χ1) is 9.95. The van der Waals surface area contributed by atoms with Crippen molar-refractivity contribution in [3.8, 4) is 0 Å². The Bertz CT molecular complexity index is 398. The van der Waals surface area contributed by atoms with E-state index in [2.05, 4.69) is 0 Å². The predicted octanol–water partition coefficient (Wildman–Crippen LogP) is 2.71. The quantitative estimate of drug-likeness (QED) is 0.847. The summed E-state index contributed by atoms with van der Waals surface area (Å²) >= 11 is 1.59. The fourth-order valence-corrected chi connectivity index (χ4v) is 4.43. The maximum atomic E-state index is 12.9. The molecule has 2 rings (SSSR count). The van der Waals surface area contributed by atoms with Crippen LogP contribution in [-0.2, 0) is 4.79 Å². The fraction of sp³-hybridized carbons (Fsp3) is 0.867. The third kappa shape index (κ3) is 3.47. The molecule has 2 unspecified atom stereocenters. The van der Waals surface area contributed by atoms with Gasteiger partial charge in [-0.3, -0.25) is 4.90 Å². The van der Waals surface area contributed by atoms with Crippen LogP contribution in [0.2, 0.25) is 0 Å². The van der Waals surface area contributed by atoms with Gasteiger partial charge in [0, 0.05) is 18.8 Å². The van der Waals surface area contributed by atoms with Crippen molar-refractivity contribution in [2.75, 3.05) is 18.8 Å². The largest absolute Gasteiger partial charge is 0.480 e. The number of hydrogen-bond acceptors (Lipinski definition) is 3. The van der Waals surface area contributed by atoms with Crippen molar-refractivity contribution in [2.45, 2.75) is 51.4 Å². The van der Waals surface area contributed by atoms with Gasteiger partial charge in [0.1, 0.15) is 6.04 Å². The van der Waals surface area contributed by atoms with Gasteiger partial charge in [-0.1, -0.05) is 20.3 Å². The smallest absolute Gasteiger partial charge is 0.327 e. The molecule has 0 spiro atoms. The Hall–Kier alpha value is -0.910. The lowest BCUT2D eigenvalue weighted by Crippen LogP contribution is -2.53. The van der Waals surface area contributed by atoms with Gasteiger partial charge in [0.05, 0.1) is 5.37 Å². The van der Waals surface area contributed by atoms with Crippen LogP contribution in [0.3, 0.4) is 0 Å². The van der Waals surface area contributed by atoms with E-state index in [1.54, 1.807) is 16.7 Å². The second-order valence-electron chi connectivity index (χ2n) is 6.35. The van der Waals surface area contributed by atoms with E-state index in [4.69, 9.17) is 0 Å². The van der Waals surface area contributed by atoms with Crippen LogP contribution in [0.25, 0.3) is 0 Å². The second-order valence-corrected chi connectivity index (χ2v) is 7.50. The van der Waals surface area contributed by atoms with Gasteiger partial charge in [-0.15, -0.1) is 11.8 Å². The van der Waals surface area contributed by atoms with Crippen molar-refractivity contribution >= 4 is 23.8 Å². The van der Waals surface area contributed by atoms with Crippen LogP contribution in [0.5, 0.6) is 0 Å². The molecule has 0 radical (unpaired) electrons. The Morgan fingerprint density at radius 3 is 2.48 bits per heavy atom. The molecule has 120 valence electrons. The number of rotatable bonds is 5. The topological polar surface area (TPSA) is 60.9 Å². The molecule has 1 N–H and O–H groups in total. The first-order valence-electron chi connectivity index (χ1n) is 7.87. The zero-order valence-electron chi connectivity index (χ0n) is 13.1. The van der Waals surface area contributed by atoms with E-state index in [0.717, 1.165) is 6.54 Å². The number of thioether (sulfide) groups is 1. The number of carbonyl (C=O) groups is 2. The normalized spacial score (nSPS) is 26.0. The summed E-state index contributed by atoms with van der Waals surface area (Å²) in [5.74, 6) is 0.458. The SMILES string of the molecule is CCN(CC1CCC1)C(=O)N1C(C(=O)O)CSC1C(C)C. The molecule has 0 aromatic carbocycles. The average molecular weight is 314 g/mol. The molecule has 2 fully saturated rings. The van der Waals surface area contributed by atoms with E-state index in [-0.39, 0.29) is 17.3 Å². The van der Waals surface area contributed by atoms with Gasteiger partial charge in [-0.2, -0.15) is 0 Å². The van der Waals surface area contributed by atoms with Crippen molar-refractivity contribution in [2.24, 2.45) is 11.8 Å². The van der Waals surface area contributed by atoms with Crippen LogP contribution in [0.1, 0.15) is 40.0 Å². The summed E-state index contributed by atoms with van der Waals surface area (Å²) in [4.78, 5) is 27.8. The molecule has 5 nitrogen and oxygen atoms in total. The fourth-order valence-electron chi connectivity index (χ4n) is 2.97. The molecular weight excluding hydrogens is 288 g/mol. The monoisotopic (exact) mass is 314 g/mol. The highest BCUT2D eigenvalue weighted by atomic mass is 32.2. The van der Waals surface area contributed by atoms with Crippen LogP contribution in [-0.4, -0.2) is 57.2 Å². The van der Waals surface area contributed by atoms with Gasteiger partial charge in [0.2, 0.25) is 0 Å². The molecule has 1 aliphatic carbocycles. The molecule has 0 aromatic rings. The highest BCUT2D eigenvalue weighted by Crippen LogP contribution is 2.35. The van der Waals surface area contributed by atoms with Crippen LogP contribution in [0.4, 0.5) is 4.79 Å². The molecule has 6 heteroatoms. The molecule has 21 heavy (non-hydrogen) atoms. The zero-order chi connectivity index (χ0) is 15.6. The lowest BCUT2D eigenvalue weighted by atomic mass is 9.85. The van der Waals surface area contributed by atoms with Gasteiger partial charge in [0.15, 0.2) is 0 Å². The lowest BCUT2D eigenvalue weighted by molar-refractivity contribution is -0.141. The first kappa shape index (κ1) is 16.5. The summed E-state index contributed by atoms with van der Waals surface area (Å²) in [7, 11) is 0. The minimum absolute atomic E-state index is 0.0333. The number of urea groups is 1. The van der Waals surface area contributed by atoms with Crippen LogP contribution >= 0.6 is 11.8 Å². The number of aliphatic carboxylic acids is 1. The minimum atomic E-state index is -0.890. The first-order valence-corrected chi connectivity index (χ1v) is 8.92. The molecule has 1 aliphatic heterocycles. The van der Waals surface area contributed by atoms with Crippen LogP contribution < -0.4 is 0 Å². The molecular formula is C15H26N2O3S. The van der Waals surface area contributed by atoms with Gasteiger partial charge < -0.3 is 10.0 Å². The second kappa shape index (κ2) is 6.90. The maximum Gasteiger partial charge on any atom is 0.327 e. The van der Waals surface area contributed by atoms with Gasteiger partial charge in [0.25, 0.3) is 0 Å². The number of hydrogen-bond donors (Lipinski definition) is 1. The molecule has 2 amide bonds. The van der Waals surface area contributed by atoms with Crippen LogP contribution in [0.15, 0.2) is 0 Å². The number of carboxylic acid groups (broad SMARTS) is 1. The molecule has 2 aliphatic rings. The van der Waals surface area contributed by atoms with E-state index in [9.17, 15) is 14.7 Å². The van der Waals surface area contributed by atoms with Gasteiger partial charge in [-0.05, 0) is 31.6 Å². The Labute approximate surface area is 131 Å². The van der Waals surface area contributed by atoms with E-state index in [0.29, 0.717) is 18.2 Å². The summed E-state index contributed by atoms with van der Waals surface area (Å²) in [6.45, 7) is 7.48. The van der Waals surface area contributed by atoms with Crippen molar-refractivity contribution < 1.29 is 14.7 Å². The molecule has 0 bridgehead atoms. The summed E-state index contributed by atoms with van der Waals surface area (Å²) in [6, 6.07) is -0.786. The molecule has 0 aromatic heterocycles. The minimum Gasteiger partial charge on any atom is -0.480 e. The molecule has 1 saturated heterocycles. The summed E-state index contributed by atoms with van der Waals surface area (Å²) < 4.78 is 0. The molecule has 1 saturated carbocycles. The number of amides is 2. The summed E-state index contributed by atoms with van der Waals surface area (Å²) in [6.07, 6.45) is 3.63. The molecule has 2 atom stereocenters. The van der Waals surface area contributed by atoms with Crippen LogP contribution in [0, 0.1) is 11.8 Å². The van der Waals surface area contributed by atoms with Gasteiger partial charge >= 0.3 is 12.0 Å². The van der Waals surface area contributed by atoms with E-state index < -0.39 is 12.0 Å². The van der Waals surface area contributed by atoms with E-state index in [1.165, 1.54) is 19.3 Å². The third-order valence-electron chi connectivity index (χ3n) is 4.47. The molecule has 1 heterocycles. The average Bonchev–Trinajstić information content (AvgIpc) is 2.81. The van der Waals surface area contributed by atoms with Crippen molar-refractivity contribution in [3.63, 3.8) is 0 Å².